The SMILES string of the molecule is O=C(c1ccc(Br)cc1)c1c(N2CCCC2)sc2ccccc12. The third-order valence-corrected chi connectivity index (χ3v) is 6.06. The number of carbonyl (C=O) groups excluding carboxylic acids is 1. The molecule has 1 aliphatic heterocycles. The van der Waals surface area contributed by atoms with E-state index in [0.717, 1.165) is 39.1 Å². The van der Waals surface area contributed by atoms with Crippen LogP contribution in [0.2, 0.25) is 0 Å². The number of anilines is 1. The van der Waals surface area contributed by atoms with E-state index < -0.39 is 0 Å². The highest BCUT2D eigenvalue weighted by molar-refractivity contribution is 9.10. The molecule has 1 saturated heterocycles. The van der Waals surface area contributed by atoms with Gasteiger partial charge in [0.25, 0.3) is 0 Å². The second-order valence-corrected chi connectivity index (χ2v) is 7.75. The van der Waals surface area contributed by atoms with Crippen LogP contribution in [0.4, 0.5) is 5.00 Å². The summed E-state index contributed by atoms with van der Waals surface area (Å²) in [7, 11) is 0. The number of carbonyl (C=O) groups is 1. The van der Waals surface area contributed by atoms with E-state index in [4.69, 9.17) is 0 Å². The first-order valence-corrected chi connectivity index (χ1v) is 9.42. The molecule has 0 radical (unpaired) electrons. The monoisotopic (exact) mass is 385 g/mol. The molecule has 2 heterocycles. The molecule has 0 atom stereocenters. The molecule has 2 nitrogen and oxygen atoms in total. The summed E-state index contributed by atoms with van der Waals surface area (Å²) in [4.78, 5) is 15.5. The van der Waals surface area contributed by atoms with Crippen molar-refractivity contribution in [2.45, 2.75) is 12.8 Å². The first-order valence-electron chi connectivity index (χ1n) is 7.81. The average molecular weight is 386 g/mol. The second kappa shape index (κ2) is 6.10. The predicted molar refractivity (Wildman–Crippen MR) is 101 cm³/mol. The number of ketones is 1. The van der Waals surface area contributed by atoms with Crippen molar-refractivity contribution in [3.8, 4) is 0 Å². The van der Waals surface area contributed by atoms with Gasteiger partial charge in [-0.25, -0.2) is 0 Å². The molecule has 0 amide bonds. The Kier molecular flexibility index (Phi) is 3.95. The molecule has 0 aliphatic carbocycles. The van der Waals surface area contributed by atoms with Crippen molar-refractivity contribution in [3.05, 3.63) is 64.1 Å². The summed E-state index contributed by atoms with van der Waals surface area (Å²) in [5.74, 6) is 0.122. The van der Waals surface area contributed by atoms with E-state index in [1.165, 1.54) is 17.5 Å². The van der Waals surface area contributed by atoms with Crippen LogP contribution in [0.5, 0.6) is 0 Å². The molecular weight excluding hydrogens is 370 g/mol. The lowest BCUT2D eigenvalue weighted by Crippen LogP contribution is -2.19. The van der Waals surface area contributed by atoms with Crippen LogP contribution in [0.1, 0.15) is 28.8 Å². The number of fused-ring (bicyclic) bond motifs is 1. The van der Waals surface area contributed by atoms with Gasteiger partial charge in [0, 0.05) is 33.2 Å². The predicted octanol–water partition coefficient (Wildman–Crippen LogP) is 5.50. The maximum atomic E-state index is 13.2. The van der Waals surface area contributed by atoms with Crippen LogP contribution >= 0.6 is 27.3 Å². The van der Waals surface area contributed by atoms with Gasteiger partial charge in [0.1, 0.15) is 5.00 Å². The van der Waals surface area contributed by atoms with Crippen LogP contribution in [0.15, 0.2) is 53.0 Å². The lowest BCUT2D eigenvalue weighted by atomic mass is 10.0. The van der Waals surface area contributed by atoms with Crippen LogP contribution in [0.25, 0.3) is 10.1 Å². The van der Waals surface area contributed by atoms with Crippen molar-refractivity contribution in [3.63, 3.8) is 0 Å². The first kappa shape index (κ1) is 14.9. The minimum Gasteiger partial charge on any atom is -0.363 e. The fourth-order valence-corrected chi connectivity index (χ4v) is 4.66. The molecule has 0 spiro atoms. The van der Waals surface area contributed by atoms with Crippen molar-refractivity contribution >= 4 is 48.1 Å². The molecule has 4 rings (SSSR count). The maximum Gasteiger partial charge on any atom is 0.196 e. The largest absolute Gasteiger partial charge is 0.363 e. The molecule has 23 heavy (non-hydrogen) atoms. The third kappa shape index (κ3) is 2.70. The van der Waals surface area contributed by atoms with Crippen molar-refractivity contribution in [2.24, 2.45) is 0 Å². The van der Waals surface area contributed by atoms with E-state index in [-0.39, 0.29) is 5.78 Å². The molecule has 0 bridgehead atoms. The molecule has 0 N–H and O–H groups in total. The van der Waals surface area contributed by atoms with Gasteiger partial charge in [-0.05, 0) is 43.2 Å². The van der Waals surface area contributed by atoms with Crippen LogP contribution in [-0.2, 0) is 0 Å². The molecule has 1 aromatic heterocycles. The summed E-state index contributed by atoms with van der Waals surface area (Å²) in [6, 6.07) is 15.9. The molecule has 3 aromatic rings. The number of nitrogens with zero attached hydrogens (tertiary/aromatic N) is 1. The quantitative estimate of drug-likeness (QED) is 0.555. The van der Waals surface area contributed by atoms with E-state index in [2.05, 4.69) is 33.0 Å². The zero-order valence-corrected chi connectivity index (χ0v) is 15.0. The molecule has 0 saturated carbocycles. The normalized spacial score (nSPS) is 14.6. The summed E-state index contributed by atoms with van der Waals surface area (Å²) >= 11 is 5.18. The minimum atomic E-state index is 0.122. The minimum absolute atomic E-state index is 0.122. The van der Waals surface area contributed by atoms with Crippen LogP contribution in [-0.4, -0.2) is 18.9 Å². The van der Waals surface area contributed by atoms with Gasteiger partial charge in [0.05, 0.1) is 5.56 Å². The number of hydrogen-bond acceptors (Lipinski definition) is 3. The zero-order chi connectivity index (χ0) is 15.8. The second-order valence-electron chi connectivity index (χ2n) is 5.81. The highest BCUT2D eigenvalue weighted by Crippen LogP contribution is 2.40. The van der Waals surface area contributed by atoms with Gasteiger partial charge in [-0.2, -0.15) is 0 Å². The van der Waals surface area contributed by atoms with E-state index in [0.29, 0.717) is 0 Å². The van der Waals surface area contributed by atoms with E-state index >= 15 is 0 Å². The maximum absolute atomic E-state index is 13.2. The van der Waals surface area contributed by atoms with Crippen molar-refractivity contribution < 1.29 is 4.79 Å². The van der Waals surface area contributed by atoms with E-state index in [9.17, 15) is 4.79 Å². The Morgan fingerprint density at radius 2 is 1.70 bits per heavy atom. The Labute approximate surface area is 147 Å². The summed E-state index contributed by atoms with van der Waals surface area (Å²) in [5, 5.41) is 2.21. The fourth-order valence-electron chi connectivity index (χ4n) is 3.14. The number of thiophene rings is 1. The third-order valence-electron chi connectivity index (χ3n) is 4.30. The summed E-state index contributed by atoms with van der Waals surface area (Å²) in [5.41, 5.74) is 1.62. The van der Waals surface area contributed by atoms with Gasteiger partial charge in [0.15, 0.2) is 5.78 Å². The molecule has 4 heteroatoms. The lowest BCUT2D eigenvalue weighted by molar-refractivity contribution is 0.104. The Balaban J connectivity index is 1.88. The molecule has 0 unspecified atom stereocenters. The summed E-state index contributed by atoms with van der Waals surface area (Å²) in [6.45, 7) is 2.10. The van der Waals surface area contributed by atoms with Crippen molar-refractivity contribution in [2.75, 3.05) is 18.0 Å². The zero-order valence-electron chi connectivity index (χ0n) is 12.6. The molecule has 116 valence electrons. The number of rotatable bonds is 3. The molecule has 1 aliphatic rings. The highest BCUT2D eigenvalue weighted by atomic mass is 79.9. The van der Waals surface area contributed by atoms with Crippen molar-refractivity contribution in [1.29, 1.82) is 0 Å². The number of halogens is 1. The van der Waals surface area contributed by atoms with Gasteiger partial charge < -0.3 is 4.90 Å². The average Bonchev–Trinajstić information content (AvgIpc) is 3.22. The number of hydrogen-bond donors (Lipinski definition) is 0. The summed E-state index contributed by atoms with van der Waals surface area (Å²) in [6.07, 6.45) is 2.42. The molecule has 2 aromatic carbocycles. The number of benzene rings is 2. The highest BCUT2D eigenvalue weighted by Gasteiger charge is 2.25. The van der Waals surface area contributed by atoms with Crippen LogP contribution in [0.3, 0.4) is 0 Å². The molecule has 1 fully saturated rings. The van der Waals surface area contributed by atoms with Gasteiger partial charge in [-0.1, -0.05) is 34.1 Å². The standard InChI is InChI=1S/C19H16BrNOS/c20-14-9-7-13(8-10-14)18(22)17-15-5-1-2-6-16(15)23-19(17)21-11-3-4-12-21/h1-2,5-10H,3-4,11-12H2. The topological polar surface area (TPSA) is 20.3 Å². The van der Waals surface area contributed by atoms with Gasteiger partial charge >= 0.3 is 0 Å². The fraction of sp³-hybridized carbons (Fsp3) is 0.211. The first-order chi connectivity index (χ1) is 11.2. The van der Waals surface area contributed by atoms with Crippen LogP contribution in [0, 0.1) is 0 Å². The molecular formula is C19H16BrNOS. The van der Waals surface area contributed by atoms with E-state index in [1.54, 1.807) is 11.3 Å². The Bertz CT molecular complexity index is 863. The van der Waals surface area contributed by atoms with Gasteiger partial charge in [-0.3, -0.25) is 4.79 Å². The Hall–Kier alpha value is -1.65. The van der Waals surface area contributed by atoms with E-state index in [1.807, 2.05) is 36.4 Å². The summed E-state index contributed by atoms with van der Waals surface area (Å²) < 4.78 is 2.18. The lowest BCUT2D eigenvalue weighted by Gasteiger charge is -2.17. The van der Waals surface area contributed by atoms with Gasteiger partial charge in [0.2, 0.25) is 0 Å². The van der Waals surface area contributed by atoms with Crippen LogP contribution < -0.4 is 4.90 Å². The Morgan fingerprint density at radius 1 is 1.00 bits per heavy atom. The van der Waals surface area contributed by atoms with Gasteiger partial charge in [-0.15, -0.1) is 11.3 Å². The Morgan fingerprint density at radius 3 is 2.43 bits per heavy atom. The smallest absolute Gasteiger partial charge is 0.196 e. The van der Waals surface area contributed by atoms with Crippen molar-refractivity contribution in [1.82, 2.24) is 0 Å².